The summed E-state index contributed by atoms with van der Waals surface area (Å²) in [4.78, 5) is 6.37. The van der Waals surface area contributed by atoms with Crippen LogP contribution in [0.15, 0.2) is 60.8 Å². The Kier molecular flexibility index (Phi) is 7.22. The van der Waals surface area contributed by atoms with Gasteiger partial charge in [-0.25, -0.2) is 9.37 Å². The highest BCUT2D eigenvalue weighted by atomic mass is 35.5. The summed E-state index contributed by atoms with van der Waals surface area (Å²) in [5.41, 5.74) is 3.71. The van der Waals surface area contributed by atoms with Crippen LogP contribution >= 0.6 is 11.6 Å². The first-order chi connectivity index (χ1) is 15.6. The molecule has 7 heteroatoms. The van der Waals surface area contributed by atoms with Gasteiger partial charge in [0.25, 0.3) is 0 Å². The van der Waals surface area contributed by atoms with Crippen LogP contribution in [-0.4, -0.2) is 28.8 Å². The molecule has 3 aromatic rings. The van der Waals surface area contributed by atoms with E-state index in [1.165, 1.54) is 18.6 Å². The fourth-order valence-corrected chi connectivity index (χ4v) is 3.94. The molecule has 1 fully saturated rings. The second kappa shape index (κ2) is 10.5. The van der Waals surface area contributed by atoms with Crippen LogP contribution in [0.25, 0.3) is 0 Å². The minimum absolute atomic E-state index is 0.281. The molecule has 0 aliphatic carbocycles. The van der Waals surface area contributed by atoms with Gasteiger partial charge in [0, 0.05) is 43.6 Å². The number of rotatable bonds is 7. The van der Waals surface area contributed by atoms with E-state index in [9.17, 15) is 4.39 Å². The predicted molar refractivity (Wildman–Crippen MR) is 129 cm³/mol. The topological polar surface area (TPSA) is 64.0 Å². The number of hydrogen-bond acceptors (Lipinski definition) is 4. The molecule has 0 bridgehead atoms. The Morgan fingerprint density at radius 3 is 2.47 bits per heavy atom. The number of nitrogens with one attached hydrogen (secondary N) is 3. The van der Waals surface area contributed by atoms with Crippen molar-refractivity contribution in [3.05, 3.63) is 88.3 Å². The van der Waals surface area contributed by atoms with Gasteiger partial charge in [0.15, 0.2) is 0 Å². The van der Waals surface area contributed by atoms with Crippen LogP contribution in [0.5, 0.6) is 0 Å². The predicted octanol–water partition coefficient (Wildman–Crippen LogP) is 5.91. The van der Waals surface area contributed by atoms with Crippen molar-refractivity contribution < 1.29 is 4.39 Å². The molecule has 0 atom stereocenters. The van der Waals surface area contributed by atoms with Gasteiger partial charge in [-0.2, -0.15) is 0 Å². The molecule has 166 valence electrons. The zero-order valence-electron chi connectivity index (χ0n) is 17.9. The Balaban J connectivity index is 1.37. The average molecular weight is 452 g/mol. The summed E-state index contributed by atoms with van der Waals surface area (Å²) < 4.78 is 13.8. The van der Waals surface area contributed by atoms with Crippen molar-refractivity contribution in [1.29, 1.82) is 5.41 Å². The van der Waals surface area contributed by atoms with Crippen LogP contribution in [0, 0.1) is 11.2 Å². The number of benzene rings is 2. The molecule has 2 heterocycles. The Morgan fingerprint density at radius 1 is 0.969 bits per heavy atom. The van der Waals surface area contributed by atoms with Gasteiger partial charge in [-0.15, -0.1) is 0 Å². The van der Waals surface area contributed by atoms with Gasteiger partial charge in [-0.3, -0.25) is 5.41 Å². The number of anilines is 2. The molecule has 1 aliphatic heterocycles. The number of nitrogens with zero attached hydrogens (tertiary/aromatic N) is 2. The maximum Gasteiger partial charge on any atom is 0.128 e. The number of halogens is 2. The number of likely N-dealkylation sites (tertiary alicyclic amines) is 1. The molecule has 2 aromatic carbocycles. The molecule has 4 rings (SSSR count). The minimum Gasteiger partial charge on any atom is -0.381 e. The molecule has 5 nitrogen and oxygen atoms in total. The summed E-state index contributed by atoms with van der Waals surface area (Å²) in [7, 11) is 0. The number of pyridine rings is 1. The smallest absolute Gasteiger partial charge is 0.128 e. The van der Waals surface area contributed by atoms with Crippen LogP contribution in [0.1, 0.15) is 36.0 Å². The highest BCUT2D eigenvalue weighted by Crippen LogP contribution is 2.21. The molecule has 0 unspecified atom stereocenters. The summed E-state index contributed by atoms with van der Waals surface area (Å²) in [6.45, 7) is 2.97. The van der Waals surface area contributed by atoms with Crippen molar-refractivity contribution in [2.45, 2.75) is 32.4 Å². The van der Waals surface area contributed by atoms with E-state index < -0.39 is 0 Å². The van der Waals surface area contributed by atoms with Gasteiger partial charge in [0.05, 0.1) is 5.02 Å². The number of hydrogen-bond donors (Lipinski definition) is 3. The Hall–Kier alpha value is -3.12. The molecule has 3 N–H and O–H groups in total. The summed E-state index contributed by atoms with van der Waals surface area (Å²) in [6, 6.07) is 16.4. The van der Waals surface area contributed by atoms with Gasteiger partial charge in [0.1, 0.15) is 17.5 Å². The van der Waals surface area contributed by atoms with E-state index in [1.807, 2.05) is 24.3 Å². The molecule has 1 aromatic heterocycles. The molecule has 1 saturated heterocycles. The molecule has 0 amide bonds. The van der Waals surface area contributed by atoms with Crippen molar-refractivity contribution in [2.75, 3.05) is 23.7 Å². The van der Waals surface area contributed by atoms with E-state index >= 15 is 0 Å². The van der Waals surface area contributed by atoms with Gasteiger partial charge >= 0.3 is 0 Å². The Morgan fingerprint density at radius 2 is 1.75 bits per heavy atom. The molecule has 1 aliphatic rings. The van der Waals surface area contributed by atoms with Crippen LogP contribution < -0.4 is 10.6 Å². The van der Waals surface area contributed by atoms with Gasteiger partial charge in [0.2, 0.25) is 0 Å². The lowest BCUT2D eigenvalue weighted by Gasteiger charge is -2.29. The largest absolute Gasteiger partial charge is 0.381 e. The normalized spacial score (nSPS) is 13.6. The quantitative estimate of drug-likeness (QED) is 0.308. The Bertz CT molecular complexity index is 1050. The van der Waals surface area contributed by atoms with E-state index in [0.717, 1.165) is 48.3 Å². The van der Waals surface area contributed by atoms with E-state index in [1.54, 1.807) is 24.4 Å². The first kappa shape index (κ1) is 22.1. The third kappa shape index (κ3) is 5.77. The standard InChI is InChI=1S/C25H27ClFN5/c26-21-8-11-24(31-17-21)30-16-20-14-22(27)9-10-23(20)29-15-18-4-6-19(7-5-18)25(28)32-12-2-1-3-13-32/h4-11,14,17,28-29H,1-3,12-13,15-16H2,(H,30,31). The third-order valence-corrected chi connectivity index (χ3v) is 5.86. The van der Waals surface area contributed by atoms with Crippen molar-refractivity contribution in [3.63, 3.8) is 0 Å². The average Bonchev–Trinajstić information content (AvgIpc) is 2.83. The van der Waals surface area contributed by atoms with Crippen molar-refractivity contribution in [2.24, 2.45) is 0 Å². The molecule has 32 heavy (non-hydrogen) atoms. The van der Waals surface area contributed by atoms with Crippen molar-refractivity contribution in [3.8, 4) is 0 Å². The highest BCUT2D eigenvalue weighted by molar-refractivity contribution is 6.30. The summed E-state index contributed by atoms with van der Waals surface area (Å²) in [6.07, 6.45) is 5.15. The second-order valence-corrected chi connectivity index (χ2v) is 8.40. The second-order valence-electron chi connectivity index (χ2n) is 7.96. The number of aromatic nitrogens is 1. The van der Waals surface area contributed by atoms with Crippen molar-refractivity contribution in [1.82, 2.24) is 9.88 Å². The summed E-state index contributed by atoms with van der Waals surface area (Å²) >= 11 is 5.88. The molecular weight excluding hydrogens is 425 g/mol. The lowest BCUT2D eigenvalue weighted by atomic mass is 10.1. The number of amidine groups is 1. The van der Waals surface area contributed by atoms with Gasteiger partial charge in [-0.05, 0) is 60.7 Å². The van der Waals surface area contributed by atoms with E-state index in [-0.39, 0.29) is 5.82 Å². The van der Waals surface area contributed by atoms with Crippen LogP contribution in [0.3, 0.4) is 0 Å². The zero-order chi connectivity index (χ0) is 22.3. The third-order valence-electron chi connectivity index (χ3n) is 5.64. The van der Waals surface area contributed by atoms with Crippen molar-refractivity contribution >= 4 is 28.9 Å². The molecule has 0 radical (unpaired) electrons. The lowest BCUT2D eigenvalue weighted by Crippen LogP contribution is -2.35. The minimum atomic E-state index is -0.281. The monoisotopic (exact) mass is 451 g/mol. The van der Waals surface area contributed by atoms with Crippen LogP contribution in [0.2, 0.25) is 5.02 Å². The fraction of sp³-hybridized carbons (Fsp3) is 0.280. The van der Waals surface area contributed by atoms with Gasteiger partial charge < -0.3 is 15.5 Å². The lowest BCUT2D eigenvalue weighted by molar-refractivity contribution is 0.341. The van der Waals surface area contributed by atoms with E-state index in [4.69, 9.17) is 17.0 Å². The van der Waals surface area contributed by atoms with Crippen LogP contribution in [-0.2, 0) is 13.1 Å². The Labute approximate surface area is 193 Å². The maximum atomic E-state index is 13.8. The molecule has 0 saturated carbocycles. The van der Waals surface area contributed by atoms with Crippen LogP contribution in [0.4, 0.5) is 15.9 Å². The first-order valence-electron chi connectivity index (χ1n) is 10.9. The number of piperidine rings is 1. The van der Waals surface area contributed by atoms with E-state index in [0.29, 0.717) is 29.8 Å². The SMILES string of the molecule is N=C(c1ccc(CNc2ccc(F)cc2CNc2ccc(Cl)cn2)cc1)N1CCCCC1. The van der Waals surface area contributed by atoms with E-state index in [2.05, 4.69) is 20.5 Å². The van der Waals surface area contributed by atoms with Gasteiger partial charge in [-0.1, -0.05) is 35.9 Å². The summed E-state index contributed by atoms with van der Waals surface area (Å²) in [5.74, 6) is 1.00. The molecule has 0 spiro atoms. The molecular formula is C25H27ClFN5. The fourth-order valence-electron chi connectivity index (χ4n) is 3.83. The zero-order valence-corrected chi connectivity index (χ0v) is 18.6. The first-order valence-corrected chi connectivity index (χ1v) is 11.3. The summed E-state index contributed by atoms with van der Waals surface area (Å²) in [5, 5.41) is 15.6. The maximum absolute atomic E-state index is 13.8. The highest BCUT2D eigenvalue weighted by Gasteiger charge is 2.14.